The summed E-state index contributed by atoms with van der Waals surface area (Å²) in [6.45, 7) is 4.57. The molecule has 0 spiro atoms. The highest BCUT2D eigenvalue weighted by Gasteiger charge is 2.20. The second kappa shape index (κ2) is 12.1. The van der Waals surface area contributed by atoms with Crippen LogP contribution in [0, 0.1) is 11.8 Å². The average molecular weight is 473 g/mol. The highest BCUT2D eigenvalue weighted by atomic mass is 127. The molecule has 0 aliphatic heterocycles. The molecule has 0 aromatic carbocycles. The molecule has 146 valence electrons. The molecule has 2 N–H and O–H groups in total. The highest BCUT2D eigenvalue weighted by Crippen LogP contribution is 2.28. The number of pyridine rings is 1. The van der Waals surface area contributed by atoms with Crippen molar-refractivity contribution >= 4 is 35.8 Å². The minimum Gasteiger partial charge on any atom is -0.354 e. The molecule has 0 bridgehead atoms. The molecule has 1 aromatic rings. The third-order valence-electron chi connectivity index (χ3n) is 4.86. The molecule has 1 amide bonds. The monoisotopic (exact) mass is 473 g/mol. The van der Waals surface area contributed by atoms with Crippen molar-refractivity contribution in [2.75, 3.05) is 33.7 Å². The predicted octanol–water partition coefficient (Wildman–Crippen LogP) is 2.76. The van der Waals surface area contributed by atoms with Crippen molar-refractivity contribution in [3.05, 3.63) is 30.1 Å². The number of nitrogens with one attached hydrogen (secondary N) is 2. The molecule has 0 saturated heterocycles. The Morgan fingerprint density at radius 3 is 2.58 bits per heavy atom. The van der Waals surface area contributed by atoms with E-state index in [1.54, 1.807) is 31.6 Å². The number of amides is 1. The Morgan fingerprint density at radius 2 is 1.96 bits per heavy atom. The van der Waals surface area contributed by atoms with Crippen molar-refractivity contribution in [3.8, 4) is 0 Å². The van der Waals surface area contributed by atoms with Gasteiger partial charge in [0.1, 0.15) is 0 Å². The Bertz CT molecular complexity index is 558. The summed E-state index contributed by atoms with van der Waals surface area (Å²) in [6.07, 6.45) is 8.52. The van der Waals surface area contributed by atoms with Crippen LogP contribution in [0.1, 0.15) is 43.0 Å². The lowest BCUT2D eigenvalue weighted by Gasteiger charge is -2.31. The zero-order valence-corrected chi connectivity index (χ0v) is 18.4. The Labute approximate surface area is 174 Å². The van der Waals surface area contributed by atoms with Crippen molar-refractivity contribution in [2.45, 2.75) is 32.6 Å². The maximum atomic E-state index is 12.0. The largest absolute Gasteiger partial charge is 0.354 e. The molecule has 1 heterocycles. The normalized spacial score (nSPS) is 20.0. The lowest BCUT2D eigenvalue weighted by atomic mass is 9.83. The molecule has 0 radical (unpaired) electrons. The minimum atomic E-state index is -0.102. The number of hydrogen-bond donors (Lipinski definition) is 2. The zero-order chi connectivity index (χ0) is 18.1. The molecule has 26 heavy (non-hydrogen) atoms. The molecular formula is C19H32IN5O. The van der Waals surface area contributed by atoms with Gasteiger partial charge in [0, 0.05) is 46.1 Å². The van der Waals surface area contributed by atoms with Crippen molar-refractivity contribution in [1.82, 2.24) is 20.5 Å². The minimum absolute atomic E-state index is 0. The average Bonchev–Trinajstić information content (AvgIpc) is 2.64. The zero-order valence-electron chi connectivity index (χ0n) is 16.1. The second-order valence-electron chi connectivity index (χ2n) is 6.98. The summed E-state index contributed by atoms with van der Waals surface area (Å²) in [6, 6.07) is 3.52. The second-order valence-corrected chi connectivity index (χ2v) is 6.98. The predicted molar refractivity (Wildman–Crippen MR) is 117 cm³/mol. The van der Waals surface area contributed by atoms with E-state index in [1.807, 2.05) is 0 Å². The van der Waals surface area contributed by atoms with Crippen molar-refractivity contribution in [1.29, 1.82) is 0 Å². The van der Waals surface area contributed by atoms with Crippen LogP contribution in [-0.2, 0) is 0 Å². The first kappa shape index (κ1) is 22.7. The summed E-state index contributed by atoms with van der Waals surface area (Å²) in [4.78, 5) is 22.5. The number of rotatable bonds is 6. The quantitative estimate of drug-likeness (QED) is 0.289. The van der Waals surface area contributed by atoms with Gasteiger partial charge in [0.05, 0.1) is 5.56 Å². The van der Waals surface area contributed by atoms with Crippen LogP contribution in [-0.4, -0.2) is 55.5 Å². The Kier molecular flexibility index (Phi) is 10.5. The van der Waals surface area contributed by atoms with Crippen LogP contribution < -0.4 is 10.6 Å². The number of aromatic nitrogens is 1. The van der Waals surface area contributed by atoms with Gasteiger partial charge in [-0.15, -0.1) is 24.0 Å². The highest BCUT2D eigenvalue weighted by molar-refractivity contribution is 14.0. The first-order valence-corrected chi connectivity index (χ1v) is 9.20. The number of halogens is 1. The topological polar surface area (TPSA) is 69.6 Å². The molecule has 0 atom stereocenters. The van der Waals surface area contributed by atoms with Gasteiger partial charge in [0.25, 0.3) is 5.91 Å². The van der Waals surface area contributed by atoms with Gasteiger partial charge in [-0.2, -0.15) is 0 Å². The number of carbonyl (C=O) groups excluding carboxylic acids is 1. The molecule has 1 aliphatic rings. The maximum Gasteiger partial charge on any atom is 0.252 e. The van der Waals surface area contributed by atoms with E-state index in [9.17, 15) is 4.79 Å². The summed E-state index contributed by atoms with van der Waals surface area (Å²) in [5, 5.41) is 6.21. The first-order chi connectivity index (χ1) is 12.1. The van der Waals surface area contributed by atoms with Gasteiger partial charge in [0.2, 0.25) is 0 Å². The number of carbonyl (C=O) groups is 1. The molecule has 1 aliphatic carbocycles. The third-order valence-corrected chi connectivity index (χ3v) is 4.86. The van der Waals surface area contributed by atoms with Crippen LogP contribution >= 0.6 is 24.0 Å². The van der Waals surface area contributed by atoms with E-state index in [4.69, 9.17) is 0 Å². The third kappa shape index (κ3) is 7.47. The summed E-state index contributed by atoms with van der Waals surface area (Å²) in [7, 11) is 3.89. The van der Waals surface area contributed by atoms with E-state index < -0.39 is 0 Å². The molecule has 1 saturated carbocycles. The Hall–Kier alpha value is -1.38. The first-order valence-electron chi connectivity index (χ1n) is 9.20. The molecule has 1 aromatic heterocycles. The summed E-state index contributed by atoms with van der Waals surface area (Å²) in [5.74, 6) is 2.41. The Morgan fingerprint density at radius 1 is 1.27 bits per heavy atom. The number of hydrogen-bond acceptors (Lipinski definition) is 3. The lowest BCUT2D eigenvalue weighted by molar-refractivity contribution is 0.0954. The van der Waals surface area contributed by atoms with Gasteiger partial charge < -0.3 is 15.5 Å². The van der Waals surface area contributed by atoms with Crippen LogP contribution in [0.4, 0.5) is 0 Å². The summed E-state index contributed by atoms with van der Waals surface area (Å²) in [5.41, 5.74) is 0.579. The lowest BCUT2D eigenvalue weighted by Crippen LogP contribution is -2.44. The fraction of sp³-hybridized carbons (Fsp3) is 0.632. The van der Waals surface area contributed by atoms with E-state index >= 15 is 0 Å². The fourth-order valence-corrected chi connectivity index (χ4v) is 3.32. The molecule has 6 nitrogen and oxygen atoms in total. The van der Waals surface area contributed by atoms with Gasteiger partial charge in [-0.1, -0.05) is 19.8 Å². The van der Waals surface area contributed by atoms with Crippen LogP contribution in [0.2, 0.25) is 0 Å². The van der Waals surface area contributed by atoms with Crippen molar-refractivity contribution in [3.63, 3.8) is 0 Å². The molecular weight excluding hydrogens is 441 g/mol. The number of nitrogens with zero attached hydrogens (tertiary/aromatic N) is 3. The van der Waals surface area contributed by atoms with Gasteiger partial charge in [-0.25, -0.2) is 0 Å². The van der Waals surface area contributed by atoms with E-state index in [0.29, 0.717) is 18.7 Å². The van der Waals surface area contributed by atoms with Crippen molar-refractivity contribution in [2.24, 2.45) is 16.8 Å². The number of aliphatic imine (C=N–C) groups is 1. The fourth-order valence-electron chi connectivity index (χ4n) is 3.32. The van der Waals surface area contributed by atoms with Gasteiger partial charge >= 0.3 is 0 Å². The van der Waals surface area contributed by atoms with Crippen LogP contribution in [0.15, 0.2) is 29.5 Å². The molecule has 0 unspecified atom stereocenters. The summed E-state index contributed by atoms with van der Waals surface area (Å²) >= 11 is 0. The number of guanidine groups is 1. The van der Waals surface area contributed by atoms with E-state index in [1.165, 1.54) is 25.7 Å². The van der Waals surface area contributed by atoms with E-state index in [-0.39, 0.29) is 29.9 Å². The maximum absolute atomic E-state index is 12.0. The van der Waals surface area contributed by atoms with Gasteiger partial charge in [-0.3, -0.25) is 14.8 Å². The molecule has 7 heteroatoms. The molecule has 1 fully saturated rings. The van der Waals surface area contributed by atoms with Crippen LogP contribution in [0.3, 0.4) is 0 Å². The van der Waals surface area contributed by atoms with Crippen LogP contribution in [0.25, 0.3) is 0 Å². The van der Waals surface area contributed by atoms with E-state index in [2.05, 4.69) is 39.5 Å². The Balaban J connectivity index is 0.00000338. The van der Waals surface area contributed by atoms with Crippen LogP contribution in [0.5, 0.6) is 0 Å². The summed E-state index contributed by atoms with van der Waals surface area (Å²) < 4.78 is 0. The molecule has 2 rings (SSSR count). The standard InChI is InChI=1S/C19H31N5O.HI/c1-15-6-8-16(9-7-15)14-24(3)19(20-2)23-12-11-22-18(25)17-5-4-10-21-13-17;/h4-5,10,13,15-16H,6-9,11-12,14H2,1-3H3,(H,20,23)(H,22,25);1H. The SMILES string of the molecule is CN=C(NCCNC(=O)c1cccnc1)N(C)CC1CCC(C)CC1.I. The van der Waals surface area contributed by atoms with Gasteiger partial charge in [-0.05, 0) is 36.8 Å². The van der Waals surface area contributed by atoms with Gasteiger partial charge in [0.15, 0.2) is 5.96 Å². The van der Waals surface area contributed by atoms with Crippen molar-refractivity contribution < 1.29 is 4.79 Å². The van der Waals surface area contributed by atoms with E-state index in [0.717, 1.165) is 24.3 Å². The smallest absolute Gasteiger partial charge is 0.252 e.